The molecule has 2 aromatic rings. The van der Waals surface area contributed by atoms with Gasteiger partial charge in [-0.2, -0.15) is 13.2 Å². The number of alkyl halides is 3. The zero-order valence-corrected chi connectivity index (χ0v) is 15.1. The van der Waals surface area contributed by atoms with Crippen molar-refractivity contribution < 1.29 is 27.4 Å². The number of nitrogens with one attached hydrogen (secondary N) is 1. The molecule has 0 fully saturated rings. The highest BCUT2D eigenvalue weighted by Crippen LogP contribution is 2.43. The highest BCUT2D eigenvalue weighted by atomic mass is 35.5. The number of H-pyrrole nitrogens is 1. The van der Waals surface area contributed by atoms with E-state index < -0.39 is 17.7 Å². The number of esters is 1. The third kappa shape index (κ3) is 4.38. The summed E-state index contributed by atoms with van der Waals surface area (Å²) in [7, 11) is 5.97. The van der Waals surface area contributed by atoms with E-state index in [1.165, 1.54) is 26.4 Å². The average molecular weight is 381 g/mol. The summed E-state index contributed by atoms with van der Waals surface area (Å²) in [5.41, 5.74) is 0.234. The van der Waals surface area contributed by atoms with Crippen molar-refractivity contribution in [3.8, 4) is 5.75 Å². The van der Waals surface area contributed by atoms with E-state index in [0.717, 1.165) is 0 Å². The van der Waals surface area contributed by atoms with E-state index in [2.05, 4.69) is 9.72 Å². The molecule has 0 radical (unpaired) electrons. The molecule has 2 rings (SSSR count). The van der Waals surface area contributed by atoms with Crippen LogP contribution in [0.2, 0.25) is 0 Å². The second kappa shape index (κ2) is 7.97. The van der Waals surface area contributed by atoms with Crippen molar-refractivity contribution in [1.29, 1.82) is 0 Å². The van der Waals surface area contributed by atoms with Crippen LogP contribution in [0.1, 0.15) is 16.8 Å². The fraction of sp³-hybridized carbons (Fsp3) is 0.438. The van der Waals surface area contributed by atoms with Crippen molar-refractivity contribution in [2.24, 2.45) is 0 Å². The Morgan fingerprint density at radius 1 is 1.24 bits per heavy atom. The number of carbonyl (C=O) groups excluding carboxylic acids is 1. The van der Waals surface area contributed by atoms with Crippen molar-refractivity contribution in [2.45, 2.75) is 19.1 Å². The third-order valence-electron chi connectivity index (χ3n) is 3.65. The van der Waals surface area contributed by atoms with Crippen LogP contribution in [0.25, 0.3) is 10.9 Å². The number of fused-ring (bicyclic) bond motifs is 1. The summed E-state index contributed by atoms with van der Waals surface area (Å²) in [6, 6.07) is 2.78. The SMILES string of the molecule is COC(=O)Cc1c(CN(C)C)[nH]c2ccc(OC)c(C(F)(F)F)c12.Cl. The number of benzene rings is 1. The van der Waals surface area contributed by atoms with E-state index in [1.807, 2.05) is 0 Å². The Balaban J connectivity index is 0.00000312. The molecule has 0 amide bonds. The van der Waals surface area contributed by atoms with E-state index >= 15 is 0 Å². The number of ether oxygens (including phenoxy) is 2. The van der Waals surface area contributed by atoms with Crippen molar-refractivity contribution in [2.75, 3.05) is 28.3 Å². The lowest BCUT2D eigenvalue weighted by molar-refractivity contribution is -0.140. The number of methoxy groups -OCH3 is 2. The van der Waals surface area contributed by atoms with Gasteiger partial charge in [0.25, 0.3) is 0 Å². The summed E-state index contributed by atoms with van der Waals surface area (Å²) in [5.74, 6) is -0.886. The molecule has 0 aliphatic carbocycles. The lowest BCUT2D eigenvalue weighted by Crippen LogP contribution is -2.15. The van der Waals surface area contributed by atoms with E-state index in [9.17, 15) is 18.0 Å². The van der Waals surface area contributed by atoms with E-state index in [-0.39, 0.29) is 35.5 Å². The lowest BCUT2D eigenvalue weighted by Gasteiger charge is -2.15. The molecule has 0 aliphatic heterocycles. The van der Waals surface area contributed by atoms with E-state index in [1.54, 1.807) is 19.0 Å². The van der Waals surface area contributed by atoms with Gasteiger partial charge in [-0.3, -0.25) is 4.79 Å². The van der Waals surface area contributed by atoms with Crippen LogP contribution in [0.3, 0.4) is 0 Å². The van der Waals surface area contributed by atoms with Crippen molar-refractivity contribution in [3.63, 3.8) is 0 Å². The molecular weight excluding hydrogens is 361 g/mol. The molecule has 0 aliphatic rings. The maximum absolute atomic E-state index is 13.6. The molecule has 0 bridgehead atoms. The monoisotopic (exact) mass is 380 g/mol. The molecule has 0 saturated heterocycles. The summed E-state index contributed by atoms with van der Waals surface area (Å²) >= 11 is 0. The van der Waals surface area contributed by atoms with Crippen LogP contribution in [0.5, 0.6) is 5.75 Å². The predicted octanol–water partition coefficient (Wildman–Crippen LogP) is 3.39. The van der Waals surface area contributed by atoms with Crippen LogP contribution in [0.4, 0.5) is 13.2 Å². The molecule has 1 N–H and O–H groups in total. The number of carbonyl (C=O) groups is 1. The Kier molecular flexibility index (Phi) is 6.73. The molecule has 1 aromatic heterocycles. The largest absolute Gasteiger partial charge is 0.496 e. The van der Waals surface area contributed by atoms with Crippen molar-refractivity contribution in [3.05, 3.63) is 29.0 Å². The first-order chi connectivity index (χ1) is 11.2. The summed E-state index contributed by atoms with van der Waals surface area (Å²) in [6.45, 7) is 0.362. The number of halogens is 4. The fourth-order valence-corrected chi connectivity index (χ4v) is 2.70. The Morgan fingerprint density at radius 2 is 1.88 bits per heavy atom. The van der Waals surface area contributed by atoms with E-state index in [4.69, 9.17) is 4.74 Å². The van der Waals surface area contributed by atoms with Crippen LogP contribution in [-0.4, -0.2) is 44.2 Å². The molecule has 0 atom stereocenters. The normalized spacial score (nSPS) is 11.5. The Labute approximate surface area is 149 Å². The number of hydrogen-bond acceptors (Lipinski definition) is 4. The van der Waals surface area contributed by atoms with Gasteiger partial charge >= 0.3 is 12.1 Å². The molecule has 140 valence electrons. The average Bonchev–Trinajstić information content (AvgIpc) is 2.81. The standard InChI is InChI=1S/C16H19F3N2O3.ClH/c1-21(2)8-11-9(7-13(22)24-4)14-10(20-11)5-6-12(23-3)15(14)16(17,18)19;/h5-6,20H,7-8H2,1-4H3;1H. The van der Waals surface area contributed by atoms with Gasteiger partial charge in [0.2, 0.25) is 0 Å². The zero-order valence-electron chi connectivity index (χ0n) is 14.3. The van der Waals surface area contributed by atoms with Crippen LogP contribution in [0.15, 0.2) is 12.1 Å². The summed E-state index contributed by atoms with van der Waals surface area (Å²) in [4.78, 5) is 16.5. The van der Waals surface area contributed by atoms with Gasteiger partial charge in [-0.25, -0.2) is 0 Å². The van der Waals surface area contributed by atoms with Crippen molar-refractivity contribution in [1.82, 2.24) is 9.88 Å². The predicted molar refractivity (Wildman–Crippen MR) is 90.2 cm³/mol. The zero-order chi connectivity index (χ0) is 18.1. The number of hydrogen-bond donors (Lipinski definition) is 1. The summed E-state index contributed by atoms with van der Waals surface area (Å²) in [5, 5.41) is -0.0518. The van der Waals surface area contributed by atoms with Gasteiger partial charge < -0.3 is 19.4 Å². The topological polar surface area (TPSA) is 54.6 Å². The molecule has 0 spiro atoms. The number of aromatic amines is 1. The minimum Gasteiger partial charge on any atom is -0.496 e. The van der Waals surface area contributed by atoms with Gasteiger partial charge in [-0.1, -0.05) is 0 Å². The Bertz CT molecular complexity index is 757. The quantitative estimate of drug-likeness (QED) is 0.808. The fourth-order valence-electron chi connectivity index (χ4n) is 2.70. The third-order valence-corrected chi connectivity index (χ3v) is 3.65. The van der Waals surface area contributed by atoms with Crippen LogP contribution in [-0.2, 0) is 28.7 Å². The molecule has 1 heterocycles. The first-order valence-corrected chi connectivity index (χ1v) is 7.18. The summed E-state index contributed by atoms with van der Waals surface area (Å²) < 4.78 is 50.4. The first-order valence-electron chi connectivity index (χ1n) is 7.18. The smallest absolute Gasteiger partial charge is 0.420 e. The van der Waals surface area contributed by atoms with Crippen LogP contribution >= 0.6 is 12.4 Å². The Morgan fingerprint density at radius 3 is 2.36 bits per heavy atom. The van der Waals surface area contributed by atoms with Crippen LogP contribution in [0, 0.1) is 0 Å². The molecule has 0 unspecified atom stereocenters. The summed E-state index contributed by atoms with van der Waals surface area (Å²) in [6.07, 6.45) is -4.87. The molecule has 9 heteroatoms. The lowest BCUT2D eigenvalue weighted by atomic mass is 10.0. The van der Waals surface area contributed by atoms with Gasteiger partial charge in [0.15, 0.2) is 0 Å². The maximum Gasteiger partial charge on any atom is 0.420 e. The van der Waals surface area contributed by atoms with Crippen LogP contribution < -0.4 is 4.74 Å². The second-order valence-electron chi connectivity index (χ2n) is 5.64. The van der Waals surface area contributed by atoms with Gasteiger partial charge in [0.1, 0.15) is 11.3 Å². The van der Waals surface area contributed by atoms with E-state index in [0.29, 0.717) is 17.8 Å². The molecule has 5 nitrogen and oxygen atoms in total. The number of nitrogens with zero attached hydrogens (tertiary/aromatic N) is 1. The van der Waals surface area contributed by atoms with Gasteiger partial charge in [0, 0.05) is 23.1 Å². The minimum absolute atomic E-state index is 0. The number of aromatic nitrogens is 1. The molecular formula is C16H20ClF3N2O3. The maximum atomic E-state index is 13.6. The molecule has 0 saturated carbocycles. The molecule has 1 aromatic carbocycles. The Hall–Kier alpha value is -1.93. The minimum atomic E-state index is -4.62. The first kappa shape index (κ1) is 21.1. The van der Waals surface area contributed by atoms with Gasteiger partial charge in [0.05, 0.1) is 20.6 Å². The highest BCUT2D eigenvalue weighted by molar-refractivity contribution is 5.93. The van der Waals surface area contributed by atoms with Gasteiger partial charge in [-0.05, 0) is 31.8 Å². The number of rotatable bonds is 5. The second-order valence-corrected chi connectivity index (χ2v) is 5.64. The molecule has 25 heavy (non-hydrogen) atoms. The van der Waals surface area contributed by atoms with Gasteiger partial charge in [-0.15, -0.1) is 12.4 Å². The van der Waals surface area contributed by atoms with Crippen molar-refractivity contribution >= 4 is 29.3 Å². The highest BCUT2D eigenvalue weighted by Gasteiger charge is 2.38.